The minimum Gasteiger partial charge on any atom is -0.329 e. The first-order valence-electron chi connectivity index (χ1n) is 11.0. The van der Waals surface area contributed by atoms with Gasteiger partial charge in [-0.25, -0.2) is 9.78 Å². The highest BCUT2D eigenvalue weighted by atomic mass is 16.2. The van der Waals surface area contributed by atoms with Crippen molar-refractivity contribution in [2.45, 2.75) is 47.1 Å². The normalized spacial score (nSPS) is 14.5. The number of hydrogen-bond acceptors (Lipinski definition) is 4. The number of urea groups is 1. The molecular formula is C22H32N6O3. The van der Waals surface area contributed by atoms with Crippen molar-refractivity contribution in [2.75, 3.05) is 26.2 Å². The highest BCUT2D eigenvalue weighted by Gasteiger charge is 2.29. The van der Waals surface area contributed by atoms with Crippen molar-refractivity contribution in [3.8, 4) is 0 Å². The molecule has 9 heteroatoms. The Morgan fingerprint density at radius 2 is 1.77 bits per heavy atom. The topological polar surface area (TPSA) is 99.6 Å². The van der Waals surface area contributed by atoms with Crippen molar-refractivity contribution >= 4 is 28.9 Å². The van der Waals surface area contributed by atoms with Gasteiger partial charge in [0.05, 0.1) is 11.0 Å². The molecule has 4 amide bonds. The Morgan fingerprint density at radius 3 is 2.39 bits per heavy atom. The Kier molecular flexibility index (Phi) is 7.14. The molecule has 1 fully saturated rings. The van der Waals surface area contributed by atoms with Crippen molar-refractivity contribution in [1.82, 2.24) is 30.2 Å². The van der Waals surface area contributed by atoms with Crippen LogP contribution in [0.5, 0.6) is 0 Å². The van der Waals surface area contributed by atoms with Crippen LogP contribution in [0.2, 0.25) is 0 Å². The minimum atomic E-state index is -0.381. The third-order valence-corrected chi connectivity index (χ3v) is 5.99. The van der Waals surface area contributed by atoms with E-state index in [1.807, 2.05) is 33.8 Å². The third-order valence-electron chi connectivity index (χ3n) is 5.99. The van der Waals surface area contributed by atoms with Gasteiger partial charge in [-0.15, -0.1) is 0 Å². The maximum absolute atomic E-state index is 12.5. The minimum absolute atomic E-state index is 0.0216. The molecule has 168 valence electrons. The van der Waals surface area contributed by atoms with Gasteiger partial charge in [0.25, 0.3) is 5.91 Å². The molecule has 2 heterocycles. The van der Waals surface area contributed by atoms with E-state index in [9.17, 15) is 14.4 Å². The molecule has 1 aliphatic rings. The van der Waals surface area contributed by atoms with Crippen molar-refractivity contribution in [3.63, 3.8) is 0 Å². The second-order valence-corrected chi connectivity index (χ2v) is 7.77. The number of benzene rings is 1. The first-order valence-corrected chi connectivity index (χ1v) is 11.0. The molecule has 0 atom stereocenters. The molecule has 3 rings (SSSR count). The number of imidazole rings is 1. The van der Waals surface area contributed by atoms with Crippen LogP contribution in [-0.2, 0) is 11.3 Å². The number of rotatable bonds is 5. The Bertz CT molecular complexity index is 958. The maximum Gasteiger partial charge on any atom is 0.319 e. The fraction of sp³-hybridized carbons (Fsp3) is 0.545. The molecule has 0 bridgehead atoms. The number of likely N-dealkylation sites (tertiary alicyclic amines) is 1. The Labute approximate surface area is 182 Å². The average molecular weight is 429 g/mol. The van der Waals surface area contributed by atoms with Gasteiger partial charge in [-0.3, -0.25) is 20.4 Å². The summed E-state index contributed by atoms with van der Waals surface area (Å²) >= 11 is 0. The smallest absolute Gasteiger partial charge is 0.319 e. The lowest BCUT2D eigenvalue weighted by molar-refractivity contribution is -0.127. The van der Waals surface area contributed by atoms with Gasteiger partial charge >= 0.3 is 6.03 Å². The van der Waals surface area contributed by atoms with Crippen molar-refractivity contribution < 1.29 is 14.4 Å². The summed E-state index contributed by atoms with van der Waals surface area (Å²) in [5, 5.41) is 0. The highest BCUT2D eigenvalue weighted by Crippen LogP contribution is 2.19. The molecule has 1 saturated heterocycles. The average Bonchev–Trinajstić information content (AvgIpc) is 3.11. The molecule has 1 aromatic heterocycles. The number of amides is 4. The maximum atomic E-state index is 12.5. The summed E-state index contributed by atoms with van der Waals surface area (Å²) in [7, 11) is 0. The lowest BCUT2D eigenvalue weighted by atomic mass is 9.96. The second kappa shape index (κ2) is 9.80. The molecule has 0 spiro atoms. The molecule has 0 radical (unpaired) electrons. The van der Waals surface area contributed by atoms with Crippen LogP contribution in [0.25, 0.3) is 11.0 Å². The van der Waals surface area contributed by atoms with Gasteiger partial charge in [0.2, 0.25) is 5.91 Å². The van der Waals surface area contributed by atoms with Crippen LogP contribution < -0.4 is 10.9 Å². The van der Waals surface area contributed by atoms with E-state index in [0.29, 0.717) is 44.6 Å². The summed E-state index contributed by atoms with van der Waals surface area (Å²) in [6.45, 7) is 11.1. The molecule has 1 aromatic carbocycles. The zero-order chi connectivity index (χ0) is 22.5. The second-order valence-electron chi connectivity index (χ2n) is 7.77. The van der Waals surface area contributed by atoms with E-state index < -0.39 is 0 Å². The highest BCUT2D eigenvalue weighted by molar-refractivity contribution is 5.98. The van der Waals surface area contributed by atoms with E-state index in [-0.39, 0.29) is 23.8 Å². The fourth-order valence-corrected chi connectivity index (χ4v) is 4.11. The number of hydrogen-bond donors (Lipinski definition) is 2. The predicted octanol–water partition coefficient (Wildman–Crippen LogP) is 2.30. The number of aromatic nitrogens is 2. The molecule has 9 nitrogen and oxygen atoms in total. The first-order chi connectivity index (χ1) is 14.9. The largest absolute Gasteiger partial charge is 0.329 e. The third kappa shape index (κ3) is 4.81. The summed E-state index contributed by atoms with van der Waals surface area (Å²) in [6.07, 6.45) is 1.16. The molecule has 0 saturated carbocycles. The van der Waals surface area contributed by atoms with Gasteiger partial charge < -0.3 is 14.4 Å². The summed E-state index contributed by atoms with van der Waals surface area (Å²) in [5.74, 6) is 0.0594. The number of piperidine rings is 1. The van der Waals surface area contributed by atoms with Gasteiger partial charge in [0, 0.05) is 44.2 Å². The van der Waals surface area contributed by atoms with Crippen LogP contribution in [0, 0.1) is 12.8 Å². The fourth-order valence-electron chi connectivity index (χ4n) is 4.11. The summed E-state index contributed by atoms with van der Waals surface area (Å²) in [4.78, 5) is 45.5. The molecule has 0 aliphatic carbocycles. The lowest BCUT2D eigenvalue weighted by Gasteiger charge is -2.34. The van der Waals surface area contributed by atoms with Crippen LogP contribution >= 0.6 is 0 Å². The molecule has 2 aromatic rings. The van der Waals surface area contributed by atoms with E-state index in [1.165, 1.54) is 0 Å². The van der Waals surface area contributed by atoms with Crippen molar-refractivity contribution in [2.24, 2.45) is 5.92 Å². The Morgan fingerprint density at radius 1 is 1.10 bits per heavy atom. The molecular weight excluding hydrogens is 396 g/mol. The van der Waals surface area contributed by atoms with E-state index in [4.69, 9.17) is 0 Å². The van der Waals surface area contributed by atoms with Gasteiger partial charge in [0.1, 0.15) is 5.82 Å². The van der Waals surface area contributed by atoms with Crippen LogP contribution in [0.3, 0.4) is 0 Å². The SMILES string of the molecule is CCN(CC)C(=O)N1CCC(C(=O)NNC(=O)c2ccc3c(c2)nc(C)n3CC)CC1. The molecule has 2 N–H and O–H groups in total. The zero-order valence-corrected chi connectivity index (χ0v) is 18.8. The number of carbonyl (C=O) groups excluding carboxylic acids is 3. The monoisotopic (exact) mass is 428 g/mol. The Hall–Kier alpha value is -3.10. The van der Waals surface area contributed by atoms with E-state index >= 15 is 0 Å². The van der Waals surface area contributed by atoms with Gasteiger partial charge in [0.15, 0.2) is 0 Å². The van der Waals surface area contributed by atoms with E-state index in [2.05, 4.69) is 20.4 Å². The quantitative estimate of drug-likeness (QED) is 0.714. The zero-order valence-electron chi connectivity index (χ0n) is 18.8. The van der Waals surface area contributed by atoms with Gasteiger partial charge in [-0.05, 0) is 58.7 Å². The predicted molar refractivity (Wildman–Crippen MR) is 118 cm³/mol. The Balaban J connectivity index is 1.52. The number of carbonyl (C=O) groups is 3. The summed E-state index contributed by atoms with van der Waals surface area (Å²) < 4.78 is 2.08. The van der Waals surface area contributed by atoms with Crippen LogP contribution in [0.15, 0.2) is 18.2 Å². The van der Waals surface area contributed by atoms with Gasteiger partial charge in [-0.2, -0.15) is 0 Å². The number of aryl methyl sites for hydroxylation is 2. The van der Waals surface area contributed by atoms with Crippen LogP contribution in [0.1, 0.15) is 49.8 Å². The van der Waals surface area contributed by atoms with E-state index in [1.54, 1.807) is 21.9 Å². The number of hydrazine groups is 1. The number of fused-ring (bicyclic) bond motifs is 1. The van der Waals surface area contributed by atoms with Crippen molar-refractivity contribution in [1.29, 1.82) is 0 Å². The molecule has 1 aliphatic heterocycles. The lowest BCUT2D eigenvalue weighted by Crippen LogP contribution is -2.50. The number of nitrogens with zero attached hydrogens (tertiary/aromatic N) is 4. The standard InChI is InChI=1S/C22H32N6O3/c1-5-26(6-2)22(31)27-12-10-16(11-13-27)20(29)24-25-21(30)17-8-9-19-18(14-17)23-15(4)28(19)7-3/h8-9,14,16H,5-7,10-13H2,1-4H3,(H,24,29)(H,25,30). The number of nitrogens with one attached hydrogen (secondary N) is 2. The summed E-state index contributed by atoms with van der Waals surface area (Å²) in [5.41, 5.74) is 7.21. The molecule has 31 heavy (non-hydrogen) atoms. The van der Waals surface area contributed by atoms with Crippen LogP contribution in [0.4, 0.5) is 4.79 Å². The van der Waals surface area contributed by atoms with E-state index in [0.717, 1.165) is 23.4 Å². The van der Waals surface area contributed by atoms with Gasteiger partial charge in [-0.1, -0.05) is 0 Å². The first kappa shape index (κ1) is 22.6. The summed E-state index contributed by atoms with van der Waals surface area (Å²) in [6, 6.07) is 5.35. The molecule has 0 unspecified atom stereocenters. The van der Waals surface area contributed by atoms with Crippen LogP contribution in [-0.4, -0.2) is 63.4 Å². The van der Waals surface area contributed by atoms with Crippen molar-refractivity contribution in [3.05, 3.63) is 29.6 Å².